The predicted octanol–water partition coefficient (Wildman–Crippen LogP) is 2.85. The first kappa shape index (κ1) is 16.8. The maximum absolute atomic E-state index is 12.4. The monoisotopic (exact) mass is 339 g/mol. The fraction of sp³-hybridized carbons (Fsp3) is 0.263. The molecule has 0 unspecified atom stereocenters. The zero-order valence-corrected chi connectivity index (χ0v) is 14.5. The minimum Gasteiger partial charge on any atom is -0.497 e. The number of benzene rings is 2. The van der Waals surface area contributed by atoms with Crippen molar-refractivity contribution in [3.63, 3.8) is 0 Å². The van der Waals surface area contributed by atoms with Crippen LogP contribution in [0.3, 0.4) is 0 Å². The van der Waals surface area contributed by atoms with E-state index in [0.29, 0.717) is 17.6 Å². The Morgan fingerprint density at radius 3 is 2.76 bits per heavy atom. The van der Waals surface area contributed by atoms with E-state index in [9.17, 15) is 9.59 Å². The van der Waals surface area contributed by atoms with E-state index in [1.807, 2.05) is 38.1 Å². The van der Waals surface area contributed by atoms with Crippen LogP contribution in [0.1, 0.15) is 35.8 Å². The van der Waals surface area contributed by atoms with Crippen molar-refractivity contribution >= 4 is 16.9 Å². The van der Waals surface area contributed by atoms with E-state index in [4.69, 9.17) is 4.74 Å². The van der Waals surface area contributed by atoms with Crippen LogP contribution < -0.4 is 15.7 Å². The number of carbonyl (C=O) groups is 1. The minimum absolute atomic E-state index is 0.0500. The van der Waals surface area contributed by atoms with E-state index in [2.05, 4.69) is 10.3 Å². The number of imidazole rings is 1. The van der Waals surface area contributed by atoms with Crippen molar-refractivity contribution in [1.82, 2.24) is 14.9 Å². The molecule has 0 spiro atoms. The second-order valence-electron chi connectivity index (χ2n) is 6.16. The summed E-state index contributed by atoms with van der Waals surface area (Å²) in [6.45, 7) is 4.30. The Labute approximate surface area is 145 Å². The van der Waals surface area contributed by atoms with Gasteiger partial charge in [-0.05, 0) is 49.7 Å². The highest BCUT2D eigenvalue weighted by molar-refractivity contribution is 5.97. The van der Waals surface area contributed by atoms with Crippen LogP contribution in [0.25, 0.3) is 11.0 Å². The van der Waals surface area contributed by atoms with Crippen molar-refractivity contribution in [2.75, 3.05) is 7.11 Å². The van der Waals surface area contributed by atoms with Gasteiger partial charge in [0.15, 0.2) is 0 Å². The summed E-state index contributed by atoms with van der Waals surface area (Å²) < 4.78 is 6.85. The molecule has 1 amide bonds. The molecule has 0 bridgehead atoms. The van der Waals surface area contributed by atoms with Gasteiger partial charge in [0.25, 0.3) is 5.91 Å². The van der Waals surface area contributed by atoms with Gasteiger partial charge in [0.2, 0.25) is 0 Å². The lowest BCUT2D eigenvalue weighted by Gasteiger charge is -2.08. The van der Waals surface area contributed by atoms with E-state index < -0.39 is 0 Å². The summed E-state index contributed by atoms with van der Waals surface area (Å²) in [5, 5.41) is 2.88. The van der Waals surface area contributed by atoms with Crippen molar-refractivity contribution in [2.24, 2.45) is 0 Å². The second-order valence-corrected chi connectivity index (χ2v) is 6.16. The fourth-order valence-corrected chi connectivity index (χ4v) is 2.85. The molecule has 6 nitrogen and oxygen atoms in total. The molecule has 0 aliphatic carbocycles. The normalized spacial score (nSPS) is 11.0. The number of methoxy groups -OCH3 is 1. The summed E-state index contributed by atoms with van der Waals surface area (Å²) in [5.41, 5.74) is 2.75. The highest BCUT2D eigenvalue weighted by Crippen LogP contribution is 2.17. The number of carbonyl (C=O) groups excluding carboxylic acids is 1. The lowest BCUT2D eigenvalue weighted by molar-refractivity contribution is 0.0951. The van der Waals surface area contributed by atoms with Gasteiger partial charge in [0, 0.05) is 18.2 Å². The van der Waals surface area contributed by atoms with Crippen molar-refractivity contribution < 1.29 is 9.53 Å². The summed E-state index contributed by atoms with van der Waals surface area (Å²) in [6, 6.07) is 12.8. The number of amides is 1. The van der Waals surface area contributed by atoms with E-state index in [0.717, 1.165) is 16.8 Å². The summed E-state index contributed by atoms with van der Waals surface area (Å²) in [6.07, 6.45) is 0. The van der Waals surface area contributed by atoms with Crippen molar-refractivity contribution in [1.29, 1.82) is 0 Å². The molecule has 0 aliphatic rings. The van der Waals surface area contributed by atoms with E-state index in [1.54, 1.807) is 29.9 Å². The van der Waals surface area contributed by atoms with Crippen molar-refractivity contribution in [2.45, 2.75) is 26.4 Å². The number of hydrogen-bond acceptors (Lipinski definition) is 3. The molecule has 6 heteroatoms. The van der Waals surface area contributed by atoms with Crippen LogP contribution in [0.5, 0.6) is 5.75 Å². The van der Waals surface area contributed by atoms with Gasteiger partial charge in [-0.25, -0.2) is 4.79 Å². The molecule has 2 aromatic carbocycles. The maximum Gasteiger partial charge on any atom is 0.326 e. The largest absolute Gasteiger partial charge is 0.497 e. The Bertz CT molecular complexity index is 969. The third kappa shape index (κ3) is 3.42. The molecule has 0 atom stereocenters. The van der Waals surface area contributed by atoms with Crippen molar-refractivity contribution in [3.05, 3.63) is 64.1 Å². The maximum atomic E-state index is 12.4. The molecule has 0 saturated carbocycles. The van der Waals surface area contributed by atoms with Gasteiger partial charge < -0.3 is 15.0 Å². The number of hydrogen-bond donors (Lipinski definition) is 2. The second kappa shape index (κ2) is 6.84. The zero-order valence-electron chi connectivity index (χ0n) is 14.5. The zero-order chi connectivity index (χ0) is 18.0. The van der Waals surface area contributed by atoms with Crippen LogP contribution in [0, 0.1) is 0 Å². The number of ether oxygens (including phenoxy) is 1. The van der Waals surface area contributed by atoms with Crippen molar-refractivity contribution in [3.8, 4) is 5.75 Å². The third-order valence-electron chi connectivity index (χ3n) is 4.08. The number of fused-ring (bicyclic) bond motifs is 1. The molecule has 0 radical (unpaired) electrons. The van der Waals surface area contributed by atoms with Crippen LogP contribution in [0.4, 0.5) is 0 Å². The van der Waals surface area contributed by atoms with Gasteiger partial charge >= 0.3 is 5.69 Å². The van der Waals surface area contributed by atoms with E-state index >= 15 is 0 Å². The Hall–Kier alpha value is -3.02. The van der Waals surface area contributed by atoms with Gasteiger partial charge in [-0.15, -0.1) is 0 Å². The number of nitrogens with one attached hydrogen (secondary N) is 2. The molecule has 0 saturated heterocycles. The Balaban J connectivity index is 1.79. The highest BCUT2D eigenvalue weighted by Gasteiger charge is 2.12. The molecule has 25 heavy (non-hydrogen) atoms. The first-order valence-electron chi connectivity index (χ1n) is 8.15. The lowest BCUT2D eigenvalue weighted by Crippen LogP contribution is -2.22. The average Bonchev–Trinajstić information content (AvgIpc) is 2.94. The first-order chi connectivity index (χ1) is 12.0. The molecule has 130 valence electrons. The summed E-state index contributed by atoms with van der Waals surface area (Å²) >= 11 is 0. The molecular formula is C19H21N3O3. The highest BCUT2D eigenvalue weighted by atomic mass is 16.5. The molecule has 2 N–H and O–H groups in total. The van der Waals surface area contributed by atoms with Gasteiger partial charge in [-0.2, -0.15) is 0 Å². The predicted molar refractivity (Wildman–Crippen MR) is 97.1 cm³/mol. The first-order valence-corrected chi connectivity index (χ1v) is 8.15. The van der Waals surface area contributed by atoms with Gasteiger partial charge in [-0.3, -0.25) is 9.36 Å². The van der Waals surface area contributed by atoms with Crippen LogP contribution in [-0.4, -0.2) is 22.6 Å². The molecule has 0 fully saturated rings. The number of aromatic nitrogens is 2. The average molecular weight is 339 g/mol. The quantitative estimate of drug-likeness (QED) is 0.750. The topological polar surface area (TPSA) is 76.1 Å². The smallest absolute Gasteiger partial charge is 0.326 e. The summed E-state index contributed by atoms with van der Waals surface area (Å²) in [4.78, 5) is 27.2. The standard InChI is InChI=1S/C19H21N3O3/c1-12(2)22-17-8-7-14(10-16(17)21-19(22)24)18(23)20-11-13-5-4-6-15(9-13)25-3/h4-10,12H,11H2,1-3H3,(H,20,23)(H,21,24). The number of rotatable bonds is 5. The molecule has 0 aliphatic heterocycles. The Kier molecular flexibility index (Phi) is 4.61. The minimum atomic E-state index is -0.192. The van der Waals surface area contributed by atoms with Crippen LogP contribution in [0.15, 0.2) is 47.3 Å². The molecule has 1 aromatic heterocycles. The molecule has 3 rings (SSSR count). The fourth-order valence-electron chi connectivity index (χ4n) is 2.85. The number of nitrogens with zero attached hydrogens (tertiary/aromatic N) is 1. The third-order valence-corrected chi connectivity index (χ3v) is 4.08. The number of aromatic amines is 1. The molecular weight excluding hydrogens is 318 g/mol. The summed E-state index contributed by atoms with van der Waals surface area (Å²) in [5.74, 6) is 0.559. The van der Waals surface area contributed by atoms with E-state index in [1.165, 1.54) is 0 Å². The van der Waals surface area contributed by atoms with Gasteiger partial charge in [-0.1, -0.05) is 12.1 Å². The van der Waals surface area contributed by atoms with Crippen LogP contribution in [0.2, 0.25) is 0 Å². The van der Waals surface area contributed by atoms with E-state index in [-0.39, 0.29) is 17.6 Å². The van der Waals surface area contributed by atoms with Gasteiger partial charge in [0.1, 0.15) is 5.75 Å². The lowest BCUT2D eigenvalue weighted by atomic mass is 10.1. The Morgan fingerprint density at radius 1 is 1.24 bits per heavy atom. The number of H-pyrrole nitrogens is 1. The van der Waals surface area contributed by atoms with Gasteiger partial charge in [0.05, 0.1) is 18.1 Å². The van der Waals surface area contributed by atoms with Crippen LogP contribution >= 0.6 is 0 Å². The molecule has 1 heterocycles. The Morgan fingerprint density at radius 2 is 2.04 bits per heavy atom. The molecule has 3 aromatic rings. The summed E-state index contributed by atoms with van der Waals surface area (Å²) in [7, 11) is 1.61. The SMILES string of the molecule is COc1cccc(CNC(=O)c2ccc3c(c2)[nH]c(=O)n3C(C)C)c1. The van der Waals surface area contributed by atoms with Crippen LogP contribution in [-0.2, 0) is 6.54 Å².